The number of aryl methyl sites for hydroxylation is 1. The third-order valence-corrected chi connectivity index (χ3v) is 8.60. The smallest absolute Gasteiger partial charge is 0.0273 e. The molecule has 0 bridgehead atoms. The van der Waals surface area contributed by atoms with Crippen molar-refractivity contribution in [1.82, 2.24) is 4.98 Å². The zero-order valence-corrected chi connectivity index (χ0v) is 24.0. The molecule has 1 heteroatoms. The van der Waals surface area contributed by atoms with Crippen molar-refractivity contribution >= 4 is 32.3 Å². The largest absolute Gasteiger partial charge is 0.265 e. The van der Waals surface area contributed by atoms with Gasteiger partial charge in [0.05, 0.1) is 0 Å². The molecule has 1 nitrogen and oxygen atoms in total. The van der Waals surface area contributed by atoms with E-state index in [1.807, 2.05) is 24.5 Å². The number of pyridine rings is 1. The molecular weight excluding hydrogens is 518 g/mol. The molecule has 8 aromatic rings. The van der Waals surface area contributed by atoms with Crippen LogP contribution in [0.1, 0.15) is 5.56 Å². The molecule has 0 spiro atoms. The number of nitrogens with zero attached hydrogens (tertiary/aromatic N) is 1. The summed E-state index contributed by atoms with van der Waals surface area (Å²) in [5, 5.41) is 7.60. The van der Waals surface area contributed by atoms with Gasteiger partial charge in [-0.25, -0.2) is 0 Å². The number of hydrogen-bond donors (Lipinski definition) is 0. The van der Waals surface area contributed by atoms with E-state index in [4.69, 9.17) is 0 Å². The Morgan fingerprint density at radius 1 is 0.349 bits per heavy atom. The highest BCUT2D eigenvalue weighted by Crippen LogP contribution is 2.44. The Morgan fingerprint density at radius 2 is 0.814 bits per heavy atom. The highest BCUT2D eigenvalue weighted by atomic mass is 14.6. The highest BCUT2D eigenvalue weighted by molar-refractivity contribution is 6.21. The van der Waals surface area contributed by atoms with Crippen LogP contribution in [0.3, 0.4) is 0 Å². The van der Waals surface area contributed by atoms with E-state index >= 15 is 0 Å². The van der Waals surface area contributed by atoms with Gasteiger partial charge in [0.25, 0.3) is 0 Å². The second-order valence-corrected chi connectivity index (χ2v) is 11.3. The van der Waals surface area contributed by atoms with Crippen LogP contribution in [-0.4, -0.2) is 4.98 Å². The maximum absolute atomic E-state index is 4.15. The molecule has 0 aliphatic carbocycles. The minimum Gasteiger partial charge on any atom is -0.265 e. The zero-order chi connectivity index (χ0) is 28.8. The zero-order valence-electron chi connectivity index (χ0n) is 24.0. The van der Waals surface area contributed by atoms with E-state index in [1.165, 1.54) is 82.4 Å². The van der Waals surface area contributed by atoms with Crippen LogP contribution in [0.4, 0.5) is 0 Å². The summed E-state index contributed by atoms with van der Waals surface area (Å²) >= 11 is 0. The predicted octanol–water partition coefficient (Wildman–Crippen LogP) is 11.5. The monoisotopic (exact) mass is 547 g/mol. The third-order valence-electron chi connectivity index (χ3n) is 8.60. The van der Waals surface area contributed by atoms with Crippen LogP contribution >= 0.6 is 0 Å². The normalized spacial score (nSPS) is 11.4. The van der Waals surface area contributed by atoms with Crippen LogP contribution in [-0.2, 0) is 0 Å². The van der Waals surface area contributed by atoms with Crippen molar-refractivity contribution in [3.8, 4) is 44.5 Å². The Kier molecular flexibility index (Phi) is 6.09. The summed E-state index contributed by atoms with van der Waals surface area (Å²) in [5.74, 6) is 0. The fourth-order valence-corrected chi connectivity index (χ4v) is 6.53. The van der Waals surface area contributed by atoms with Crippen LogP contribution in [0.25, 0.3) is 76.8 Å². The molecule has 0 saturated heterocycles. The van der Waals surface area contributed by atoms with Gasteiger partial charge < -0.3 is 0 Å². The van der Waals surface area contributed by atoms with Crippen molar-refractivity contribution in [2.45, 2.75) is 6.92 Å². The number of hydrogen-bond acceptors (Lipinski definition) is 1. The van der Waals surface area contributed by atoms with Gasteiger partial charge >= 0.3 is 0 Å². The van der Waals surface area contributed by atoms with Crippen molar-refractivity contribution in [3.63, 3.8) is 0 Å². The molecule has 0 unspecified atom stereocenters. The third kappa shape index (κ3) is 4.47. The fraction of sp³-hybridized carbons (Fsp3) is 0.0238. The molecule has 8 rings (SSSR count). The number of benzene rings is 7. The maximum atomic E-state index is 4.15. The summed E-state index contributed by atoms with van der Waals surface area (Å²) < 4.78 is 0. The highest BCUT2D eigenvalue weighted by Gasteiger charge is 2.16. The average molecular weight is 548 g/mol. The van der Waals surface area contributed by atoms with Crippen LogP contribution in [0, 0.1) is 6.92 Å². The molecule has 0 aliphatic heterocycles. The van der Waals surface area contributed by atoms with E-state index in [-0.39, 0.29) is 0 Å². The standard InChI is InChI=1S/C42H29N/c1-28-7-6-8-34(25-28)41-37-9-2-4-11-39(37)42(40-12-5-3-10-38(40)41)35-20-18-31-17-19-33(26-36(31)27-35)30-15-13-29(14-16-30)32-21-23-43-24-22-32/h2-27H,1H3. The molecule has 43 heavy (non-hydrogen) atoms. The summed E-state index contributed by atoms with van der Waals surface area (Å²) in [6, 6.07) is 53.2. The quantitative estimate of drug-likeness (QED) is 0.200. The lowest BCUT2D eigenvalue weighted by atomic mass is 9.85. The minimum absolute atomic E-state index is 1.18. The van der Waals surface area contributed by atoms with Gasteiger partial charge in [-0.1, -0.05) is 127 Å². The van der Waals surface area contributed by atoms with Crippen LogP contribution in [0.15, 0.2) is 158 Å². The molecular formula is C42H29N. The lowest BCUT2D eigenvalue weighted by molar-refractivity contribution is 1.33. The lowest BCUT2D eigenvalue weighted by Gasteiger charge is -2.18. The predicted molar refractivity (Wildman–Crippen MR) is 183 cm³/mol. The van der Waals surface area contributed by atoms with Crippen LogP contribution in [0.2, 0.25) is 0 Å². The van der Waals surface area contributed by atoms with Gasteiger partial charge in [-0.15, -0.1) is 0 Å². The molecule has 0 aliphatic rings. The maximum Gasteiger partial charge on any atom is 0.0273 e. The van der Waals surface area contributed by atoms with Crippen molar-refractivity contribution in [1.29, 1.82) is 0 Å². The molecule has 0 N–H and O–H groups in total. The molecule has 0 radical (unpaired) electrons. The molecule has 7 aromatic carbocycles. The Labute approximate surface area is 251 Å². The van der Waals surface area contributed by atoms with Gasteiger partial charge in [0.15, 0.2) is 0 Å². The van der Waals surface area contributed by atoms with Gasteiger partial charge in [0.2, 0.25) is 0 Å². The Bertz CT molecular complexity index is 2220. The van der Waals surface area contributed by atoms with Gasteiger partial charge in [-0.3, -0.25) is 4.98 Å². The summed E-state index contributed by atoms with van der Waals surface area (Å²) in [5.41, 5.74) is 11.2. The summed E-state index contributed by atoms with van der Waals surface area (Å²) in [6.07, 6.45) is 3.68. The molecule has 0 saturated carbocycles. The van der Waals surface area contributed by atoms with E-state index in [0.717, 1.165) is 0 Å². The van der Waals surface area contributed by atoms with E-state index in [1.54, 1.807) is 0 Å². The molecule has 1 aromatic heterocycles. The first-order valence-corrected chi connectivity index (χ1v) is 14.8. The van der Waals surface area contributed by atoms with Gasteiger partial charge in [0.1, 0.15) is 0 Å². The fourth-order valence-electron chi connectivity index (χ4n) is 6.53. The number of rotatable bonds is 4. The summed E-state index contributed by atoms with van der Waals surface area (Å²) in [4.78, 5) is 4.15. The number of aromatic nitrogens is 1. The van der Waals surface area contributed by atoms with E-state index in [9.17, 15) is 0 Å². The van der Waals surface area contributed by atoms with Crippen molar-refractivity contribution in [3.05, 3.63) is 164 Å². The Hall–Kier alpha value is -5.53. The molecule has 202 valence electrons. The topological polar surface area (TPSA) is 12.9 Å². The van der Waals surface area contributed by atoms with Crippen molar-refractivity contribution < 1.29 is 0 Å². The SMILES string of the molecule is Cc1cccc(-c2c3ccccc3c(-c3ccc4ccc(-c5ccc(-c6ccncc6)cc5)cc4c3)c3ccccc23)c1. The minimum atomic E-state index is 1.18. The Balaban J connectivity index is 1.30. The van der Waals surface area contributed by atoms with Gasteiger partial charge in [-0.05, 0) is 108 Å². The first-order chi connectivity index (χ1) is 21.2. The first kappa shape index (κ1) is 25.2. The molecule has 0 amide bonds. The van der Waals surface area contributed by atoms with Crippen LogP contribution < -0.4 is 0 Å². The summed E-state index contributed by atoms with van der Waals surface area (Å²) in [7, 11) is 0. The number of fused-ring (bicyclic) bond motifs is 3. The van der Waals surface area contributed by atoms with Gasteiger partial charge in [0, 0.05) is 12.4 Å². The molecule has 0 atom stereocenters. The summed E-state index contributed by atoms with van der Waals surface area (Å²) in [6.45, 7) is 2.17. The van der Waals surface area contributed by atoms with Crippen LogP contribution in [0.5, 0.6) is 0 Å². The Morgan fingerprint density at radius 3 is 1.40 bits per heavy atom. The van der Waals surface area contributed by atoms with Crippen molar-refractivity contribution in [2.24, 2.45) is 0 Å². The van der Waals surface area contributed by atoms with Crippen molar-refractivity contribution in [2.75, 3.05) is 0 Å². The second kappa shape index (κ2) is 10.4. The molecule has 0 fully saturated rings. The molecule has 1 heterocycles. The average Bonchev–Trinajstić information content (AvgIpc) is 3.07. The van der Waals surface area contributed by atoms with E-state index < -0.39 is 0 Å². The van der Waals surface area contributed by atoms with Gasteiger partial charge in [-0.2, -0.15) is 0 Å². The van der Waals surface area contributed by atoms with E-state index in [2.05, 4.69) is 145 Å². The van der Waals surface area contributed by atoms with E-state index in [0.29, 0.717) is 0 Å². The first-order valence-electron chi connectivity index (χ1n) is 14.8. The lowest BCUT2D eigenvalue weighted by Crippen LogP contribution is -1.91. The second-order valence-electron chi connectivity index (χ2n) is 11.3.